The van der Waals surface area contributed by atoms with Crippen LogP contribution >= 0.6 is 0 Å². The average Bonchev–Trinajstić information content (AvgIpc) is 2.27. The van der Waals surface area contributed by atoms with Crippen LogP contribution in [-0.4, -0.2) is 35.6 Å². The molecule has 0 saturated carbocycles. The Bertz CT molecular complexity index is 398. The molecule has 1 amide bonds. The van der Waals surface area contributed by atoms with E-state index in [0.29, 0.717) is 0 Å². The van der Waals surface area contributed by atoms with Crippen molar-refractivity contribution in [2.75, 3.05) is 13.6 Å². The van der Waals surface area contributed by atoms with Gasteiger partial charge in [0.1, 0.15) is 5.82 Å². The quantitative estimate of drug-likeness (QED) is 0.809. The SMILES string of the molecule is CC(O)CN(C)C(=O)C=Cc1ccc(F)cc1. The van der Waals surface area contributed by atoms with Crippen molar-refractivity contribution < 1.29 is 14.3 Å². The molecule has 0 bridgehead atoms. The summed E-state index contributed by atoms with van der Waals surface area (Å²) in [5.41, 5.74) is 0.755. The van der Waals surface area contributed by atoms with Gasteiger partial charge in [-0.25, -0.2) is 4.39 Å². The van der Waals surface area contributed by atoms with E-state index in [1.165, 1.54) is 23.1 Å². The smallest absolute Gasteiger partial charge is 0.246 e. The van der Waals surface area contributed by atoms with Crippen molar-refractivity contribution in [3.8, 4) is 0 Å². The summed E-state index contributed by atoms with van der Waals surface area (Å²) in [7, 11) is 1.62. The molecule has 17 heavy (non-hydrogen) atoms. The van der Waals surface area contributed by atoms with E-state index in [1.54, 1.807) is 32.2 Å². The molecule has 0 heterocycles. The van der Waals surface area contributed by atoms with Gasteiger partial charge in [-0.1, -0.05) is 12.1 Å². The number of hydrogen-bond donors (Lipinski definition) is 1. The number of halogens is 1. The second-order valence-corrected chi connectivity index (χ2v) is 3.95. The second kappa shape index (κ2) is 6.15. The fourth-order valence-corrected chi connectivity index (χ4v) is 1.35. The lowest BCUT2D eigenvalue weighted by atomic mass is 10.2. The zero-order chi connectivity index (χ0) is 12.8. The van der Waals surface area contributed by atoms with E-state index in [4.69, 9.17) is 5.11 Å². The minimum Gasteiger partial charge on any atom is -0.392 e. The van der Waals surface area contributed by atoms with E-state index >= 15 is 0 Å². The lowest BCUT2D eigenvalue weighted by Gasteiger charge is -2.16. The van der Waals surface area contributed by atoms with Crippen molar-refractivity contribution >= 4 is 12.0 Å². The van der Waals surface area contributed by atoms with Gasteiger partial charge in [0.25, 0.3) is 0 Å². The first-order chi connectivity index (χ1) is 7.99. The van der Waals surface area contributed by atoms with Crippen molar-refractivity contribution in [3.63, 3.8) is 0 Å². The number of rotatable bonds is 4. The highest BCUT2D eigenvalue weighted by Crippen LogP contribution is 2.05. The summed E-state index contributed by atoms with van der Waals surface area (Å²) in [6.07, 6.45) is 2.46. The van der Waals surface area contributed by atoms with Gasteiger partial charge in [0.2, 0.25) is 5.91 Å². The molecule has 1 unspecified atom stereocenters. The minimum atomic E-state index is -0.553. The minimum absolute atomic E-state index is 0.199. The first-order valence-corrected chi connectivity index (χ1v) is 5.36. The number of likely N-dealkylation sites (N-methyl/N-ethyl adjacent to an activating group) is 1. The highest BCUT2D eigenvalue weighted by atomic mass is 19.1. The maximum absolute atomic E-state index is 12.6. The van der Waals surface area contributed by atoms with E-state index in [1.807, 2.05) is 0 Å². The van der Waals surface area contributed by atoms with Crippen molar-refractivity contribution in [1.82, 2.24) is 4.90 Å². The predicted octanol–water partition coefficient (Wildman–Crippen LogP) is 1.68. The van der Waals surface area contributed by atoms with E-state index in [2.05, 4.69) is 0 Å². The van der Waals surface area contributed by atoms with E-state index in [-0.39, 0.29) is 18.3 Å². The average molecular weight is 237 g/mol. The summed E-state index contributed by atoms with van der Waals surface area (Å²) < 4.78 is 12.6. The number of carbonyl (C=O) groups is 1. The molecule has 1 atom stereocenters. The summed E-state index contributed by atoms with van der Waals surface area (Å²) >= 11 is 0. The Labute approximate surface area is 100 Å². The van der Waals surface area contributed by atoms with Gasteiger partial charge in [0.15, 0.2) is 0 Å². The van der Waals surface area contributed by atoms with Crippen LogP contribution in [0.1, 0.15) is 12.5 Å². The third-order valence-electron chi connectivity index (χ3n) is 2.20. The largest absolute Gasteiger partial charge is 0.392 e. The molecule has 0 aromatic heterocycles. The lowest BCUT2D eigenvalue weighted by molar-refractivity contribution is -0.125. The molecule has 0 spiro atoms. The third kappa shape index (κ3) is 4.78. The van der Waals surface area contributed by atoms with Crippen LogP contribution in [0.15, 0.2) is 30.3 Å². The molecule has 0 aliphatic rings. The van der Waals surface area contributed by atoms with Gasteiger partial charge >= 0.3 is 0 Å². The highest BCUT2D eigenvalue weighted by Gasteiger charge is 2.07. The Morgan fingerprint density at radius 2 is 2.06 bits per heavy atom. The summed E-state index contributed by atoms with van der Waals surface area (Å²) in [6.45, 7) is 1.90. The van der Waals surface area contributed by atoms with Gasteiger partial charge < -0.3 is 10.0 Å². The van der Waals surface area contributed by atoms with Crippen LogP contribution in [-0.2, 0) is 4.79 Å². The predicted molar refractivity (Wildman–Crippen MR) is 64.8 cm³/mol. The highest BCUT2D eigenvalue weighted by molar-refractivity contribution is 5.91. The number of nitrogens with zero attached hydrogens (tertiary/aromatic N) is 1. The van der Waals surface area contributed by atoms with Gasteiger partial charge in [0.05, 0.1) is 6.10 Å². The lowest BCUT2D eigenvalue weighted by Crippen LogP contribution is -2.31. The Kier molecular flexibility index (Phi) is 4.84. The molecular weight excluding hydrogens is 221 g/mol. The van der Waals surface area contributed by atoms with Crippen molar-refractivity contribution in [1.29, 1.82) is 0 Å². The number of hydrogen-bond acceptors (Lipinski definition) is 2. The van der Waals surface area contributed by atoms with Crippen LogP contribution in [0.2, 0.25) is 0 Å². The van der Waals surface area contributed by atoms with Crippen LogP contribution in [0.5, 0.6) is 0 Å². The molecule has 1 N–H and O–H groups in total. The number of aliphatic hydroxyl groups excluding tert-OH is 1. The zero-order valence-electron chi connectivity index (χ0n) is 9.93. The summed E-state index contributed by atoms with van der Waals surface area (Å²) in [6, 6.07) is 5.86. The van der Waals surface area contributed by atoms with Crippen molar-refractivity contribution in [2.45, 2.75) is 13.0 Å². The topological polar surface area (TPSA) is 40.5 Å². The fraction of sp³-hybridized carbons (Fsp3) is 0.308. The molecule has 1 rings (SSSR count). The summed E-state index contributed by atoms with van der Waals surface area (Å²) in [4.78, 5) is 13.0. The number of aliphatic hydroxyl groups is 1. The Morgan fingerprint density at radius 3 is 2.59 bits per heavy atom. The Balaban J connectivity index is 2.58. The fourth-order valence-electron chi connectivity index (χ4n) is 1.35. The summed E-state index contributed by atoms with van der Waals surface area (Å²) in [5.74, 6) is -0.505. The van der Waals surface area contributed by atoms with Gasteiger partial charge in [-0.3, -0.25) is 4.79 Å². The van der Waals surface area contributed by atoms with E-state index in [9.17, 15) is 9.18 Å². The van der Waals surface area contributed by atoms with Crippen molar-refractivity contribution in [2.24, 2.45) is 0 Å². The van der Waals surface area contributed by atoms with Gasteiger partial charge in [-0.2, -0.15) is 0 Å². The molecule has 0 fully saturated rings. The van der Waals surface area contributed by atoms with Gasteiger partial charge in [0, 0.05) is 19.7 Å². The third-order valence-corrected chi connectivity index (χ3v) is 2.20. The Hall–Kier alpha value is -1.68. The zero-order valence-corrected chi connectivity index (χ0v) is 9.93. The standard InChI is InChI=1S/C13H16FNO2/c1-10(16)9-15(2)13(17)8-5-11-3-6-12(14)7-4-11/h3-8,10,16H,9H2,1-2H3. The van der Waals surface area contributed by atoms with Crippen LogP contribution < -0.4 is 0 Å². The maximum atomic E-state index is 12.6. The van der Waals surface area contributed by atoms with Crippen LogP contribution in [0.4, 0.5) is 4.39 Å². The molecule has 0 aliphatic carbocycles. The van der Waals surface area contributed by atoms with Gasteiger partial charge in [-0.05, 0) is 30.7 Å². The second-order valence-electron chi connectivity index (χ2n) is 3.95. The molecular formula is C13H16FNO2. The van der Waals surface area contributed by atoms with Crippen LogP contribution in [0, 0.1) is 5.82 Å². The van der Waals surface area contributed by atoms with E-state index < -0.39 is 6.10 Å². The molecule has 1 aromatic rings. The summed E-state index contributed by atoms with van der Waals surface area (Å²) in [5, 5.41) is 9.13. The van der Waals surface area contributed by atoms with Crippen molar-refractivity contribution in [3.05, 3.63) is 41.7 Å². The molecule has 1 aromatic carbocycles. The molecule has 3 nitrogen and oxygen atoms in total. The van der Waals surface area contributed by atoms with Gasteiger partial charge in [-0.15, -0.1) is 0 Å². The molecule has 0 aliphatic heterocycles. The number of amides is 1. The monoisotopic (exact) mass is 237 g/mol. The molecule has 0 saturated heterocycles. The Morgan fingerprint density at radius 1 is 1.47 bits per heavy atom. The molecule has 4 heteroatoms. The van der Waals surface area contributed by atoms with E-state index in [0.717, 1.165) is 5.56 Å². The van der Waals surface area contributed by atoms with Crippen LogP contribution in [0.25, 0.3) is 6.08 Å². The number of benzene rings is 1. The maximum Gasteiger partial charge on any atom is 0.246 e. The van der Waals surface area contributed by atoms with Crippen LogP contribution in [0.3, 0.4) is 0 Å². The first kappa shape index (κ1) is 13.4. The number of carbonyl (C=O) groups excluding carboxylic acids is 1. The molecule has 92 valence electrons. The normalized spacial score (nSPS) is 12.7. The molecule has 0 radical (unpaired) electrons. The first-order valence-electron chi connectivity index (χ1n) is 5.36.